The second-order valence-electron chi connectivity index (χ2n) is 8.58. The third-order valence-electron chi connectivity index (χ3n) is 6.61. The van der Waals surface area contributed by atoms with Crippen molar-refractivity contribution in [3.63, 3.8) is 0 Å². The lowest BCUT2D eigenvalue weighted by Gasteiger charge is -2.38. The number of carbonyl (C=O) groups excluding carboxylic acids is 2. The molecule has 0 aromatic rings. The maximum atomic E-state index is 13.6. The fourth-order valence-corrected chi connectivity index (χ4v) is 5.38. The van der Waals surface area contributed by atoms with Gasteiger partial charge < -0.3 is 24.7 Å². The molecule has 3 fully saturated rings. The monoisotopic (exact) mass is 408 g/mol. The molecular weight excluding hydrogens is 376 g/mol. The number of unbranched alkanes of at least 4 members (excludes halogenated alkanes) is 2. The first-order valence-electron chi connectivity index (χ1n) is 10.5. The van der Waals surface area contributed by atoms with Crippen LogP contribution in [0.3, 0.4) is 0 Å². The molecule has 0 radical (unpaired) electrons. The molecule has 0 unspecified atom stereocenters. The Bertz CT molecular complexity index is 680. The third-order valence-corrected chi connectivity index (χ3v) is 6.61. The molecule has 2 bridgehead atoms. The van der Waals surface area contributed by atoms with Crippen molar-refractivity contribution < 1.29 is 29.3 Å². The summed E-state index contributed by atoms with van der Waals surface area (Å²) in [6.07, 6.45) is 4.20. The highest BCUT2D eigenvalue weighted by atomic mass is 16.5. The third kappa shape index (κ3) is 3.46. The van der Waals surface area contributed by atoms with Crippen LogP contribution in [0.5, 0.6) is 0 Å². The van der Waals surface area contributed by atoms with E-state index in [0.29, 0.717) is 38.8 Å². The first kappa shape index (κ1) is 21.8. The van der Waals surface area contributed by atoms with Crippen LogP contribution in [0, 0.1) is 11.8 Å². The Morgan fingerprint density at radius 3 is 2.69 bits per heavy atom. The van der Waals surface area contributed by atoms with Gasteiger partial charge in [-0.2, -0.15) is 0 Å². The minimum absolute atomic E-state index is 0.0786. The van der Waals surface area contributed by atoms with E-state index in [9.17, 15) is 19.5 Å². The standard InChI is InChI=1S/C21H32N2O6/c1-4-10-22(13(2)3)19(26)17-21-9-8-14(29-21)15(20(27)28)16(21)18(25)23(17)11-6-5-7-12-24/h4,13-17,24H,1,5-12H2,2-3H3,(H,27,28)/t14-,15+,16+,17-,21+/m0/s1. The van der Waals surface area contributed by atoms with Gasteiger partial charge in [-0.3, -0.25) is 14.4 Å². The van der Waals surface area contributed by atoms with Crippen LogP contribution >= 0.6 is 0 Å². The van der Waals surface area contributed by atoms with E-state index >= 15 is 0 Å². The summed E-state index contributed by atoms with van der Waals surface area (Å²) in [5.74, 6) is -3.24. The number of aliphatic carboxylic acids is 1. The molecule has 0 aliphatic carbocycles. The molecule has 3 heterocycles. The van der Waals surface area contributed by atoms with Gasteiger partial charge in [0.15, 0.2) is 0 Å². The lowest BCUT2D eigenvalue weighted by atomic mass is 9.70. The van der Waals surface area contributed by atoms with Crippen molar-refractivity contribution in [1.82, 2.24) is 9.80 Å². The zero-order valence-corrected chi connectivity index (χ0v) is 17.2. The summed E-state index contributed by atoms with van der Waals surface area (Å²) in [6.45, 7) is 8.34. The highest BCUT2D eigenvalue weighted by molar-refractivity contribution is 5.98. The fraction of sp³-hybridized carbons (Fsp3) is 0.762. The number of aliphatic hydroxyl groups is 1. The van der Waals surface area contributed by atoms with Gasteiger partial charge in [0.1, 0.15) is 11.6 Å². The molecule has 0 saturated carbocycles. The summed E-state index contributed by atoms with van der Waals surface area (Å²) in [4.78, 5) is 42.1. The Morgan fingerprint density at radius 2 is 2.10 bits per heavy atom. The number of rotatable bonds is 10. The maximum absolute atomic E-state index is 13.6. The number of amides is 2. The lowest BCUT2D eigenvalue weighted by molar-refractivity contribution is -0.151. The zero-order chi connectivity index (χ0) is 21.3. The summed E-state index contributed by atoms with van der Waals surface area (Å²) >= 11 is 0. The second-order valence-corrected chi connectivity index (χ2v) is 8.58. The number of hydrogen-bond donors (Lipinski definition) is 2. The number of fused-ring (bicyclic) bond motifs is 1. The molecule has 3 aliphatic heterocycles. The van der Waals surface area contributed by atoms with E-state index < -0.39 is 35.6 Å². The number of carboxylic acids is 1. The molecule has 3 aliphatic rings. The molecule has 162 valence electrons. The second kappa shape index (κ2) is 8.44. The van der Waals surface area contributed by atoms with E-state index in [2.05, 4.69) is 6.58 Å². The van der Waals surface area contributed by atoms with Crippen molar-refractivity contribution in [3.8, 4) is 0 Å². The molecule has 5 atom stereocenters. The van der Waals surface area contributed by atoms with E-state index in [4.69, 9.17) is 9.84 Å². The maximum Gasteiger partial charge on any atom is 0.310 e. The van der Waals surface area contributed by atoms with Crippen LogP contribution in [0.1, 0.15) is 46.0 Å². The van der Waals surface area contributed by atoms with Gasteiger partial charge >= 0.3 is 5.97 Å². The Morgan fingerprint density at radius 1 is 1.38 bits per heavy atom. The average Bonchev–Trinajstić information content (AvgIpc) is 3.30. The van der Waals surface area contributed by atoms with Crippen LogP contribution in [0.4, 0.5) is 0 Å². The van der Waals surface area contributed by atoms with Gasteiger partial charge in [-0.1, -0.05) is 6.08 Å². The Balaban J connectivity index is 1.96. The minimum Gasteiger partial charge on any atom is -0.481 e. The van der Waals surface area contributed by atoms with Crippen LogP contribution in [0.15, 0.2) is 12.7 Å². The van der Waals surface area contributed by atoms with Gasteiger partial charge in [-0.05, 0) is 46.0 Å². The molecule has 29 heavy (non-hydrogen) atoms. The highest BCUT2D eigenvalue weighted by Gasteiger charge is 2.74. The summed E-state index contributed by atoms with van der Waals surface area (Å²) in [7, 11) is 0. The van der Waals surface area contributed by atoms with Gasteiger partial charge in [-0.25, -0.2) is 0 Å². The van der Waals surface area contributed by atoms with E-state index in [0.717, 1.165) is 6.42 Å². The quantitative estimate of drug-likeness (QED) is 0.413. The molecule has 3 rings (SSSR count). The van der Waals surface area contributed by atoms with Gasteiger partial charge in [0, 0.05) is 25.7 Å². The smallest absolute Gasteiger partial charge is 0.310 e. The van der Waals surface area contributed by atoms with Crippen molar-refractivity contribution in [2.75, 3.05) is 19.7 Å². The number of hydrogen-bond acceptors (Lipinski definition) is 5. The average molecular weight is 408 g/mol. The number of likely N-dealkylation sites (tertiary alicyclic amines) is 1. The van der Waals surface area contributed by atoms with Gasteiger partial charge in [0.2, 0.25) is 11.8 Å². The fourth-order valence-electron chi connectivity index (χ4n) is 5.38. The van der Waals surface area contributed by atoms with Crippen LogP contribution in [0.2, 0.25) is 0 Å². The van der Waals surface area contributed by atoms with Crippen LogP contribution in [-0.2, 0) is 19.1 Å². The number of ether oxygens (including phenoxy) is 1. The molecule has 8 heteroatoms. The number of aliphatic hydroxyl groups excluding tert-OH is 1. The van der Waals surface area contributed by atoms with E-state index in [1.807, 2.05) is 13.8 Å². The number of carboxylic acid groups (broad SMARTS) is 1. The molecule has 8 nitrogen and oxygen atoms in total. The van der Waals surface area contributed by atoms with E-state index in [1.165, 1.54) is 0 Å². The van der Waals surface area contributed by atoms with Crippen molar-refractivity contribution >= 4 is 17.8 Å². The molecule has 1 spiro atoms. The largest absolute Gasteiger partial charge is 0.481 e. The minimum atomic E-state index is -1.06. The van der Waals surface area contributed by atoms with Gasteiger partial charge in [0.25, 0.3) is 0 Å². The molecule has 0 aromatic carbocycles. The summed E-state index contributed by atoms with van der Waals surface area (Å²) < 4.78 is 6.17. The molecule has 2 amide bonds. The molecular formula is C21H32N2O6. The lowest BCUT2D eigenvalue weighted by Crippen LogP contribution is -2.57. The van der Waals surface area contributed by atoms with E-state index in [1.54, 1.807) is 15.9 Å². The van der Waals surface area contributed by atoms with Crippen molar-refractivity contribution in [3.05, 3.63) is 12.7 Å². The Kier molecular flexibility index (Phi) is 6.33. The number of nitrogens with zero attached hydrogens (tertiary/aromatic N) is 2. The van der Waals surface area contributed by atoms with Crippen LogP contribution < -0.4 is 0 Å². The predicted molar refractivity (Wildman–Crippen MR) is 105 cm³/mol. The normalized spacial score (nSPS) is 32.7. The Labute approximate surface area is 171 Å². The van der Waals surface area contributed by atoms with E-state index in [-0.39, 0.29) is 24.5 Å². The number of carbonyl (C=O) groups is 3. The predicted octanol–water partition coefficient (Wildman–Crippen LogP) is 1.03. The summed E-state index contributed by atoms with van der Waals surface area (Å²) in [5.41, 5.74) is -1.06. The van der Waals surface area contributed by atoms with Gasteiger partial charge in [-0.15, -0.1) is 6.58 Å². The van der Waals surface area contributed by atoms with Crippen LogP contribution in [0.25, 0.3) is 0 Å². The Hall–Kier alpha value is -1.93. The molecule has 0 aromatic heterocycles. The first-order chi connectivity index (χ1) is 13.8. The topological polar surface area (TPSA) is 107 Å². The first-order valence-corrected chi connectivity index (χ1v) is 10.5. The SMILES string of the molecule is C=CCN(C(=O)[C@@H]1N(CCCCCO)C(=O)[C@H]2[C@H](C(=O)O)[C@@H]3CC[C@]12O3)C(C)C. The van der Waals surface area contributed by atoms with Crippen molar-refractivity contribution in [2.45, 2.75) is 69.7 Å². The van der Waals surface area contributed by atoms with Gasteiger partial charge in [0.05, 0.1) is 17.9 Å². The van der Waals surface area contributed by atoms with Crippen molar-refractivity contribution in [1.29, 1.82) is 0 Å². The van der Waals surface area contributed by atoms with Crippen molar-refractivity contribution in [2.24, 2.45) is 11.8 Å². The summed E-state index contributed by atoms with van der Waals surface area (Å²) in [6, 6.07) is -0.901. The molecule has 2 N–H and O–H groups in total. The van der Waals surface area contributed by atoms with Crippen LogP contribution in [-0.4, -0.2) is 81.3 Å². The molecule has 3 saturated heterocycles. The summed E-state index contributed by atoms with van der Waals surface area (Å²) in [5, 5.41) is 18.8. The highest BCUT2D eigenvalue weighted by Crippen LogP contribution is 2.58. The zero-order valence-electron chi connectivity index (χ0n) is 17.2.